The maximum Gasteiger partial charge on any atom is 0.221 e. The van der Waals surface area contributed by atoms with Crippen molar-refractivity contribution in [2.75, 3.05) is 23.4 Å². The molecule has 0 bridgehead atoms. The number of nitrogens with one attached hydrogen (secondary N) is 1. The highest BCUT2D eigenvalue weighted by atomic mass is 35.5. The first kappa shape index (κ1) is 37.9. The lowest BCUT2D eigenvalue weighted by Gasteiger charge is -2.48. The summed E-state index contributed by atoms with van der Waals surface area (Å²) < 4.78 is 49.3. The molecule has 15 heteroatoms. The van der Waals surface area contributed by atoms with Crippen LogP contribution in [0, 0.1) is 0 Å². The number of hydrogen-bond donors (Lipinski definition) is 5. The van der Waals surface area contributed by atoms with E-state index in [9.17, 15) is 29.4 Å². The standard InChI is InChI=1S/C36H42ClNO12S/c1-20(39)38-25-16-22(12-13-24(25)37)17-45-35-30(42)28(40)33(27(48-35)19-51(44)15-14-21-8-4-2-5-9-21)50-36-31(43)29(41)32-26(47-36)18-46-34(49-32)23-10-6-3-7-11-23/h2-13,16,26-36,40-43H,14-15,17-19H2,1H3,(H,38,39)/t26-,27-,28-,29-,30-,31-,32-,33-,34?,35-,36-,51?/m1/s1. The van der Waals surface area contributed by atoms with Crippen LogP contribution in [-0.2, 0) is 57.0 Å². The third-order valence-electron chi connectivity index (χ3n) is 8.90. The van der Waals surface area contributed by atoms with Crippen LogP contribution in [0.1, 0.15) is 29.9 Å². The number of aliphatic hydroxyl groups excluding tert-OH is 4. The van der Waals surface area contributed by atoms with Crippen molar-refractivity contribution < 1.29 is 57.9 Å². The van der Waals surface area contributed by atoms with E-state index in [2.05, 4.69) is 5.32 Å². The number of hydrogen-bond acceptors (Lipinski definition) is 12. The number of amides is 1. The second kappa shape index (κ2) is 17.3. The Hall–Kier alpha value is -2.83. The zero-order valence-electron chi connectivity index (χ0n) is 27.7. The van der Waals surface area contributed by atoms with E-state index in [0.29, 0.717) is 22.7 Å². The van der Waals surface area contributed by atoms with E-state index in [1.54, 1.807) is 18.2 Å². The number of halogens is 1. The fourth-order valence-corrected chi connectivity index (χ4v) is 7.67. The van der Waals surface area contributed by atoms with Gasteiger partial charge in [-0.2, -0.15) is 0 Å². The van der Waals surface area contributed by atoms with Crippen LogP contribution in [-0.4, -0.2) is 110 Å². The molecule has 3 heterocycles. The first-order valence-electron chi connectivity index (χ1n) is 16.6. The van der Waals surface area contributed by atoms with Crippen molar-refractivity contribution in [3.8, 4) is 0 Å². The number of benzene rings is 3. The Balaban J connectivity index is 1.15. The van der Waals surface area contributed by atoms with Gasteiger partial charge in [-0.3, -0.25) is 9.00 Å². The van der Waals surface area contributed by atoms with Gasteiger partial charge in [0, 0.05) is 29.0 Å². The van der Waals surface area contributed by atoms with Gasteiger partial charge in [-0.1, -0.05) is 78.3 Å². The van der Waals surface area contributed by atoms with Crippen molar-refractivity contribution in [2.45, 2.75) is 87.7 Å². The monoisotopic (exact) mass is 747 g/mol. The van der Waals surface area contributed by atoms with Gasteiger partial charge >= 0.3 is 0 Å². The molecule has 3 aromatic rings. The first-order valence-corrected chi connectivity index (χ1v) is 18.5. The molecule has 51 heavy (non-hydrogen) atoms. The second-order valence-electron chi connectivity index (χ2n) is 12.7. The minimum absolute atomic E-state index is 0.0113. The minimum Gasteiger partial charge on any atom is -0.387 e. The Labute approximate surface area is 302 Å². The molecule has 2 unspecified atom stereocenters. The highest BCUT2D eigenvalue weighted by Crippen LogP contribution is 2.36. The van der Waals surface area contributed by atoms with E-state index >= 15 is 0 Å². The fourth-order valence-electron chi connectivity index (χ4n) is 6.24. The number of carbonyl (C=O) groups excluding carboxylic acids is 1. The van der Waals surface area contributed by atoms with Crippen molar-refractivity contribution in [3.05, 3.63) is 101 Å². The predicted octanol–water partition coefficient (Wildman–Crippen LogP) is 2.20. The van der Waals surface area contributed by atoms with E-state index in [4.69, 9.17) is 40.0 Å². The molecule has 0 radical (unpaired) electrons. The molecule has 3 aliphatic heterocycles. The van der Waals surface area contributed by atoms with Crippen LogP contribution >= 0.6 is 11.6 Å². The van der Waals surface area contributed by atoms with Crippen LogP contribution in [0.5, 0.6) is 0 Å². The summed E-state index contributed by atoms with van der Waals surface area (Å²) in [5.74, 6) is -0.148. The van der Waals surface area contributed by atoms with Gasteiger partial charge in [0.1, 0.15) is 48.8 Å². The van der Waals surface area contributed by atoms with Gasteiger partial charge < -0.3 is 54.2 Å². The molecule has 1 amide bonds. The van der Waals surface area contributed by atoms with Crippen LogP contribution in [0.15, 0.2) is 78.9 Å². The van der Waals surface area contributed by atoms with Gasteiger partial charge in [-0.05, 0) is 29.7 Å². The third kappa shape index (κ3) is 9.40. The molecule has 276 valence electrons. The summed E-state index contributed by atoms with van der Waals surface area (Å²) in [7, 11) is -1.48. The summed E-state index contributed by atoms with van der Waals surface area (Å²) >= 11 is 6.19. The molecule has 3 fully saturated rings. The van der Waals surface area contributed by atoms with Crippen molar-refractivity contribution >= 4 is 34.0 Å². The van der Waals surface area contributed by atoms with Crippen molar-refractivity contribution in [1.29, 1.82) is 0 Å². The lowest BCUT2D eigenvalue weighted by molar-refractivity contribution is -0.384. The van der Waals surface area contributed by atoms with Crippen molar-refractivity contribution in [3.63, 3.8) is 0 Å². The number of anilines is 1. The average Bonchev–Trinajstić information content (AvgIpc) is 3.13. The molecule has 3 saturated heterocycles. The van der Waals surface area contributed by atoms with Gasteiger partial charge in [-0.25, -0.2) is 0 Å². The van der Waals surface area contributed by atoms with E-state index in [0.717, 1.165) is 11.1 Å². The molecular formula is C36H42ClNO12S. The van der Waals surface area contributed by atoms with Crippen LogP contribution in [0.2, 0.25) is 5.02 Å². The van der Waals surface area contributed by atoms with Crippen LogP contribution in [0.25, 0.3) is 0 Å². The van der Waals surface area contributed by atoms with E-state index in [1.165, 1.54) is 6.92 Å². The third-order valence-corrected chi connectivity index (χ3v) is 10.6. The second-order valence-corrected chi connectivity index (χ2v) is 14.7. The van der Waals surface area contributed by atoms with E-state index in [1.807, 2.05) is 60.7 Å². The fraction of sp³-hybridized carbons (Fsp3) is 0.472. The molecule has 3 aliphatic rings. The molecule has 3 aromatic carbocycles. The average molecular weight is 748 g/mol. The summed E-state index contributed by atoms with van der Waals surface area (Å²) in [5, 5.41) is 47.8. The van der Waals surface area contributed by atoms with Crippen molar-refractivity contribution in [1.82, 2.24) is 0 Å². The van der Waals surface area contributed by atoms with Gasteiger partial charge in [-0.15, -0.1) is 0 Å². The Morgan fingerprint density at radius 1 is 0.882 bits per heavy atom. The molecule has 0 aliphatic carbocycles. The highest BCUT2D eigenvalue weighted by molar-refractivity contribution is 7.85. The van der Waals surface area contributed by atoms with Gasteiger partial charge in [0.15, 0.2) is 18.9 Å². The van der Waals surface area contributed by atoms with E-state index in [-0.39, 0.29) is 30.6 Å². The molecule has 6 rings (SSSR count). The zero-order chi connectivity index (χ0) is 36.1. The van der Waals surface area contributed by atoms with Gasteiger partial charge in [0.25, 0.3) is 0 Å². The molecule has 0 saturated carbocycles. The molecule has 13 nitrogen and oxygen atoms in total. The number of ether oxygens (including phenoxy) is 6. The maximum absolute atomic E-state index is 13.4. The number of carbonyl (C=O) groups is 1. The molecule has 0 spiro atoms. The quantitative estimate of drug-likeness (QED) is 0.183. The Bertz CT molecular complexity index is 1620. The summed E-state index contributed by atoms with van der Waals surface area (Å²) in [6, 6.07) is 23.5. The summed E-state index contributed by atoms with van der Waals surface area (Å²) in [4.78, 5) is 11.6. The number of rotatable bonds is 12. The van der Waals surface area contributed by atoms with Crippen molar-refractivity contribution in [2.24, 2.45) is 0 Å². The summed E-state index contributed by atoms with van der Waals surface area (Å²) in [6.07, 6.45) is -13.7. The number of aliphatic hydroxyl groups is 4. The maximum atomic E-state index is 13.4. The number of aryl methyl sites for hydroxylation is 1. The first-order chi connectivity index (χ1) is 24.6. The van der Waals surface area contributed by atoms with Gasteiger partial charge in [0.05, 0.1) is 29.7 Å². The van der Waals surface area contributed by atoms with Crippen LogP contribution in [0.3, 0.4) is 0 Å². The normalized spacial score (nSPS) is 32.9. The molecule has 5 N–H and O–H groups in total. The molecular weight excluding hydrogens is 706 g/mol. The topological polar surface area (TPSA) is 182 Å². The van der Waals surface area contributed by atoms with Gasteiger partial charge in [0.2, 0.25) is 5.91 Å². The van der Waals surface area contributed by atoms with Crippen LogP contribution < -0.4 is 5.32 Å². The minimum atomic E-state index is -1.65. The Kier molecular flexibility index (Phi) is 12.9. The number of fused-ring (bicyclic) bond motifs is 1. The molecule has 0 aromatic heterocycles. The summed E-state index contributed by atoms with van der Waals surface area (Å²) in [5.41, 5.74) is 2.69. The van der Waals surface area contributed by atoms with E-state index < -0.39 is 78.5 Å². The Morgan fingerprint density at radius 2 is 1.59 bits per heavy atom. The largest absolute Gasteiger partial charge is 0.387 e. The van der Waals surface area contributed by atoms with Crippen LogP contribution in [0.4, 0.5) is 5.69 Å². The summed E-state index contributed by atoms with van der Waals surface area (Å²) in [6.45, 7) is 1.26. The SMILES string of the molecule is CC(=O)Nc1cc(CO[C@@H]2O[C@H](CS(=O)CCc3ccccc3)[C@@H](O[C@H]3O[C@@H]4COC(c5ccccc5)O[C@H]4[C@H](O)[C@H]3O)[C@H](O)[C@H]2O)ccc1Cl. The Morgan fingerprint density at radius 3 is 2.31 bits per heavy atom. The predicted molar refractivity (Wildman–Crippen MR) is 185 cm³/mol. The molecule has 12 atom stereocenters. The lowest BCUT2D eigenvalue weighted by atomic mass is 9.96. The smallest absolute Gasteiger partial charge is 0.221 e. The zero-order valence-corrected chi connectivity index (χ0v) is 29.3. The highest BCUT2D eigenvalue weighted by Gasteiger charge is 2.53. The lowest BCUT2D eigenvalue weighted by Crippen LogP contribution is -2.66.